The first-order valence-electron chi connectivity index (χ1n) is 6.64. The lowest BCUT2D eigenvalue weighted by molar-refractivity contribution is -0.124. The van der Waals surface area contributed by atoms with E-state index in [0.29, 0.717) is 19.6 Å². The van der Waals surface area contributed by atoms with E-state index in [4.69, 9.17) is 10.5 Å². The van der Waals surface area contributed by atoms with Crippen LogP contribution < -0.4 is 15.8 Å². The molecule has 4 nitrogen and oxygen atoms in total. The van der Waals surface area contributed by atoms with E-state index >= 15 is 0 Å². The summed E-state index contributed by atoms with van der Waals surface area (Å²) < 4.78 is 5.74. The van der Waals surface area contributed by atoms with Gasteiger partial charge in [0.05, 0.1) is 12.1 Å². The lowest BCUT2D eigenvalue weighted by Crippen LogP contribution is -2.53. The molecule has 0 aliphatic rings. The van der Waals surface area contributed by atoms with Crippen LogP contribution in [0, 0.1) is 13.8 Å². The molecule has 1 rings (SSSR count). The summed E-state index contributed by atoms with van der Waals surface area (Å²) in [6.45, 7) is 8.97. The van der Waals surface area contributed by atoms with Gasteiger partial charge >= 0.3 is 0 Å². The predicted octanol–water partition coefficient (Wildman–Crippen LogP) is 1.93. The Morgan fingerprint density at radius 2 is 2.11 bits per heavy atom. The molecule has 3 N–H and O–H groups in total. The number of hydrogen-bond acceptors (Lipinski definition) is 3. The van der Waals surface area contributed by atoms with Gasteiger partial charge in [-0.05, 0) is 38.9 Å². The summed E-state index contributed by atoms with van der Waals surface area (Å²) in [5, 5.41) is 3.11. The predicted molar refractivity (Wildman–Crippen MR) is 77.3 cm³/mol. The maximum atomic E-state index is 11.5. The molecule has 0 spiro atoms. The van der Waals surface area contributed by atoms with Gasteiger partial charge in [0.15, 0.2) is 0 Å². The number of nitrogens with one attached hydrogen (secondary N) is 1. The Bertz CT molecular complexity index is 446. The molecule has 106 valence electrons. The fourth-order valence-electron chi connectivity index (χ4n) is 2.02. The summed E-state index contributed by atoms with van der Waals surface area (Å²) in [5.74, 6) is 0.507. The third kappa shape index (κ3) is 4.24. The number of nitrogens with two attached hydrogens (primary N) is 1. The van der Waals surface area contributed by atoms with Gasteiger partial charge in [0.25, 0.3) is 0 Å². The van der Waals surface area contributed by atoms with Crippen LogP contribution in [0.2, 0.25) is 0 Å². The van der Waals surface area contributed by atoms with Gasteiger partial charge in [-0.1, -0.05) is 24.6 Å². The van der Waals surface area contributed by atoms with Gasteiger partial charge in [-0.25, -0.2) is 0 Å². The Hall–Kier alpha value is -1.55. The Morgan fingerprint density at radius 3 is 2.63 bits per heavy atom. The van der Waals surface area contributed by atoms with Crippen LogP contribution in [0.25, 0.3) is 0 Å². The number of amides is 1. The van der Waals surface area contributed by atoms with Gasteiger partial charge in [-0.15, -0.1) is 0 Å². The first kappa shape index (κ1) is 15.5. The highest BCUT2D eigenvalue weighted by molar-refractivity contribution is 5.84. The van der Waals surface area contributed by atoms with E-state index < -0.39 is 5.54 Å². The average molecular weight is 264 g/mol. The molecule has 0 aromatic heterocycles. The van der Waals surface area contributed by atoms with Crippen molar-refractivity contribution in [2.24, 2.45) is 5.73 Å². The second-order valence-electron chi connectivity index (χ2n) is 5.09. The molecule has 19 heavy (non-hydrogen) atoms. The topological polar surface area (TPSA) is 64.3 Å². The standard InChI is InChI=1S/C15H24N2O2/c1-5-17-15(4,14(16)18)8-9-19-13-7-6-11(2)10-12(13)3/h6-7,10,17H,5,8-9H2,1-4H3,(H2,16,18). The molecule has 1 atom stereocenters. The number of rotatable bonds is 7. The number of primary amides is 1. The molecule has 0 fully saturated rings. The van der Waals surface area contributed by atoms with Crippen molar-refractivity contribution in [1.82, 2.24) is 5.32 Å². The number of carbonyl (C=O) groups is 1. The van der Waals surface area contributed by atoms with Gasteiger partial charge in [0.2, 0.25) is 5.91 Å². The molecule has 1 aromatic rings. The number of hydrogen-bond donors (Lipinski definition) is 2. The lowest BCUT2D eigenvalue weighted by atomic mass is 9.97. The van der Waals surface area contributed by atoms with Crippen molar-refractivity contribution in [3.63, 3.8) is 0 Å². The molecule has 0 aliphatic heterocycles. The maximum Gasteiger partial charge on any atom is 0.237 e. The van der Waals surface area contributed by atoms with E-state index in [0.717, 1.165) is 11.3 Å². The van der Waals surface area contributed by atoms with E-state index in [1.165, 1.54) is 5.56 Å². The van der Waals surface area contributed by atoms with Crippen LogP contribution in [0.15, 0.2) is 18.2 Å². The van der Waals surface area contributed by atoms with E-state index in [1.54, 1.807) is 0 Å². The van der Waals surface area contributed by atoms with E-state index in [2.05, 4.69) is 11.4 Å². The van der Waals surface area contributed by atoms with Crippen molar-refractivity contribution >= 4 is 5.91 Å². The van der Waals surface area contributed by atoms with Gasteiger partial charge in [0, 0.05) is 6.42 Å². The zero-order chi connectivity index (χ0) is 14.5. The molecule has 0 aliphatic carbocycles. The first-order chi connectivity index (χ1) is 8.89. The smallest absolute Gasteiger partial charge is 0.237 e. The molecule has 1 amide bonds. The van der Waals surface area contributed by atoms with Crippen molar-refractivity contribution in [1.29, 1.82) is 0 Å². The number of likely N-dealkylation sites (N-methyl/N-ethyl adjacent to an activating group) is 1. The summed E-state index contributed by atoms with van der Waals surface area (Å²) in [6, 6.07) is 6.05. The Balaban J connectivity index is 2.59. The molecule has 0 radical (unpaired) electrons. The third-order valence-corrected chi connectivity index (χ3v) is 3.30. The highest BCUT2D eigenvalue weighted by Gasteiger charge is 2.29. The molecule has 0 bridgehead atoms. The molecular formula is C15H24N2O2. The van der Waals surface area contributed by atoms with Crippen LogP contribution in [-0.4, -0.2) is 24.6 Å². The van der Waals surface area contributed by atoms with Gasteiger partial charge in [-0.2, -0.15) is 0 Å². The van der Waals surface area contributed by atoms with Crippen LogP contribution in [0.3, 0.4) is 0 Å². The second kappa shape index (κ2) is 6.57. The fourth-order valence-corrected chi connectivity index (χ4v) is 2.02. The number of benzene rings is 1. The zero-order valence-electron chi connectivity index (χ0n) is 12.2. The van der Waals surface area contributed by atoms with E-state index in [1.807, 2.05) is 39.8 Å². The van der Waals surface area contributed by atoms with E-state index in [-0.39, 0.29) is 5.91 Å². The Labute approximate surface area is 115 Å². The molecule has 1 unspecified atom stereocenters. The monoisotopic (exact) mass is 264 g/mol. The summed E-state index contributed by atoms with van der Waals surface area (Å²) in [6.07, 6.45) is 0.545. The fraction of sp³-hybridized carbons (Fsp3) is 0.533. The van der Waals surface area contributed by atoms with Crippen molar-refractivity contribution in [3.8, 4) is 5.75 Å². The quantitative estimate of drug-likeness (QED) is 0.791. The second-order valence-corrected chi connectivity index (χ2v) is 5.09. The maximum absolute atomic E-state index is 11.5. The minimum Gasteiger partial charge on any atom is -0.493 e. The third-order valence-electron chi connectivity index (χ3n) is 3.30. The minimum atomic E-state index is -0.715. The Kier molecular flexibility index (Phi) is 5.36. The first-order valence-corrected chi connectivity index (χ1v) is 6.64. The zero-order valence-corrected chi connectivity index (χ0v) is 12.2. The SMILES string of the molecule is CCNC(C)(CCOc1ccc(C)cc1C)C(N)=O. The van der Waals surface area contributed by atoms with Crippen LogP contribution >= 0.6 is 0 Å². The summed E-state index contributed by atoms with van der Waals surface area (Å²) >= 11 is 0. The number of aryl methyl sites for hydroxylation is 2. The lowest BCUT2D eigenvalue weighted by Gasteiger charge is -2.27. The van der Waals surface area contributed by atoms with Crippen LogP contribution in [0.1, 0.15) is 31.4 Å². The van der Waals surface area contributed by atoms with Crippen molar-refractivity contribution in [2.45, 2.75) is 39.7 Å². The number of carbonyl (C=O) groups excluding carboxylic acids is 1. The summed E-state index contributed by atoms with van der Waals surface area (Å²) in [7, 11) is 0. The molecule has 4 heteroatoms. The van der Waals surface area contributed by atoms with Crippen molar-refractivity contribution in [2.75, 3.05) is 13.2 Å². The van der Waals surface area contributed by atoms with Crippen molar-refractivity contribution < 1.29 is 9.53 Å². The summed E-state index contributed by atoms with van der Waals surface area (Å²) in [5.41, 5.74) is 7.02. The largest absolute Gasteiger partial charge is 0.493 e. The molecule has 0 saturated carbocycles. The molecule has 0 saturated heterocycles. The Morgan fingerprint density at radius 1 is 1.42 bits per heavy atom. The van der Waals surface area contributed by atoms with Gasteiger partial charge in [0.1, 0.15) is 5.75 Å². The minimum absolute atomic E-state index is 0.349. The highest BCUT2D eigenvalue weighted by atomic mass is 16.5. The van der Waals surface area contributed by atoms with Gasteiger partial charge < -0.3 is 15.8 Å². The number of ether oxygens (including phenoxy) is 1. The van der Waals surface area contributed by atoms with Crippen molar-refractivity contribution in [3.05, 3.63) is 29.3 Å². The average Bonchev–Trinajstić information content (AvgIpc) is 2.32. The molecule has 1 aromatic carbocycles. The van der Waals surface area contributed by atoms with E-state index in [9.17, 15) is 4.79 Å². The normalized spacial score (nSPS) is 13.9. The summed E-state index contributed by atoms with van der Waals surface area (Å²) in [4.78, 5) is 11.5. The van der Waals surface area contributed by atoms with Gasteiger partial charge in [-0.3, -0.25) is 4.79 Å². The highest BCUT2D eigenvalue weighted by Crippen LogP contribution is 2.20. The molecule has 0 heterocycles. The molecular weight excluding hydrogens is 240 g/mol. The van der Waals surface area contributed by atoms with Crippen LogP contribution in [0.5, 0.6) is 5.75 Å². The van der Waals surface area contributed by atoms with Crippen LogP contribution in [-0.2, 0) is 4.79 Å². The van der Waals surface area contributed by atoms with Crippen LogP contribution in [0.4, 0.5) is 0 Å².